The third-order valence-electron chi connectivity index (χ3n) is 6.06. The lowest BCUT2D eigenvalue weighted by Crippen LogP contribution is -2.38. The quantitative estimate of drug-likeness (QED) is 0.592. The lowest BCUT2D eigenvalue weighted by atomic mass is 9.95. The summed E-state index contributed by atoms with van der Waals surface area (Å²) in [6, 6.07) is 8.35. The number of benzene rings is 1. The number of halogens is 4. The van der Waals surface area contributed by atoms with Gasteiger partial charge in [0.1, 0.15) is 11.6 Å². The van der Waals surface area contributed by atoms with Gasteiger partial charge in [-0.25, -0.2) is 4.98 Å². The van der Waals surface area contributed by atoms with Gasteiger partial charge in [0, 0.05) is 25.2 Å². The van der Waals surface area contributed by atoms with Gasteiger partial charge < -0.3 is 15.0 Å². The maximum atomic E-state index is 12.9. The molecule has 9 heteroatoms. The second kappa shape index (κ2) is 9.57. The maximum Gasteiger partial charge on any atom is 0.417 e. The number of carbonyl (C=O) groups excluding carboxylic acids is 1. The molecular formula is C23H25ClF3N3O2. The van der Waals surface area contributed by atoms with Crippen molar-refractivity contribution < 1.29 is 22.7 Å². The lowest BCUT2D eigenvalue weighted by molar-refractivity contribution is -0.137. The van der Waals surface area contributed by atoms with Gasteiger partial charge in [0.25, 0.3) is 0 Å². The van der Waals surface area contributed by atoms with Crippen LogP contribution >= 0.6 is 11.6 Å². The van der Waals surface area contributed by atoms with Crippen LogP contribution in [0.1, 0.15) is 44.1 Å². The Morgan fingerprint density at radius 3 is 2.47 bits per heavy atom. The molecule has 5 nitrogen and oxygen atoms in total. The summed E-state index contributed by atoms with van der Waals surface area (Å²) in [4.78, 5) is 18.6. The smallest absolute Gasteiger partial charge is 0.417 e. The highest BCUT2D eigenvalue weighted by molar-refractivity contribution is 6.33. The number of alkyl halides is 3. The highest BCUT2D eigenvalue weighted by Crippen LogP contribution is 2.35. The number of aromatic nitrogens is 1. The topological polar surface area (TPSA) is 54.5 Å². The molecule has 1 saturated heterocycles. The predicted octanol–water partition coefficient (Wildman–Crippen LogP) is 5.93. The second-order valence-corrected chi connectivity index (χ2v) is 8.71. The molecular weight excluding hydrogens is 443 g/mol. The Bertz CT molecular complexity index is 956. The summed E-state index contributed by atoms with van der Waals surface area (Å²) in [5, 5.41) is 2.95. The average molecular weight is 468 g/mol. The van der Waals surface area contributed by atoms with E-state index in [-0.39, 0.29) is 23.0 Å². The fourth-order valence-corrected chi connectivity index (χ4v) is 4.55. The largest absolute Gasteiger partial charge is 0.488 e. The van der Waals surface area contributed by atoms with E-state index in [4.69, 9.17) is 16.3 Å². The number of piperidine rings is 1. The van der Waals surface area contributed by atoms with Crippen LogP contribution in [0.3, 0.4) is 0 Å². The van der Waals surface area contributed by atoms with Crippen LogP contribution in [-0.4, -0.2) is 30.1 Å². The summed E-state index contributed by atoms with van der Waals surface area (Å²) < 4.78 is 44.6. The Morgan fingerprint density at radius 2 is 1.81 bits per heavy atom. The minimum atomic E-state index is -4.49. The number of amides is 1. The average Bonchev–Trinajstić information content (AvgIpc) is 3.28. The summed E-state index contributed by atoms with van der Waals surface area (Å²) in [6.45, 7) is 0.965. The predicted molar refractivity (Wildman–Crippen MR) is 117 cm³/mol. The molecule has 1 N–H and O–H groups in total. The molecule has 0 unspecified atom stereocenters. The molecule has 0 atom stereocenters. The first-order valence-corrected chi connectivity index (χ1v) is 11.2. The zero-order chi connectivity index (χ0) is 22.7. The van der Waals surface area contributed by atoms with E-state index in [2.05, 4.69) is 10.3 Å². The van der Waals surface area contributed by atoms with Gasteiger partial charge in [0.05, 0.1) is 22.4 Å². The van der Waals surface area contributed by atoms with Gasteiger partial charge in [0.2, 0.25) is 5.91 Å². The number of pyridine rings is 1. The summed E-state index contributed by atoms with van der Waals surface area (Å²) >= 11 is 6.06. The zero-order valence-electron chi connectivity index (χ0n) is 17.5. The van der Waals surface area contributed by atoms with Crippen molar-refractivity contribution in [2.75, 3.05) is 23.3 Å². The van der Waals surface area contributed by atoms with Crippen molar-refractivity contribution in [2.45, 2.75) is 50.8 Å². The molecule has 0 spiro atoms. The van der Waals surface area contributed by atoms with Crippen LogP contribution in [-0.2, 0) is 11.0 Å². The number of rotatable bonds is 5. The number of anilines is 2. The SMILES string of the molecule is O=C(Nc1ccccc1OC1CCCC1)C1CCN(c2ncc(C(F)(F)F)cc2Cl)CC1. The minimum Gasteiger partial charge on any atom is -0.488 e. The van der Waals surface area contributed by atoms with Gasteiger partial charge in [-0.05, 0) is 56.7 Å². The highest BCUT2D eigenvalue weighted by Gasteiger charge is 2.33. The highest BCUT2D eigenvalue weighted by atomic mass is 35.5. The minimum absolute atomic E-state index is 0.0410. The molecule has 2 aromatic rings. The summed E-state index contributed by atoms with van der Waals surface area (Å²) in [6.07, 6.45) is 1.98. The van der Waals surface area contributed by atoms with Crippen molar-refractivity contribution >= 4 is 29.0 Å². The van der Waals surface area contributed by atoms with Crippen LogP contribution < -0.4 is 15.0 Å². The Balaban J connectivity index is 1.35. The van der Waals surface area contributed by atoms with E-state index in [0.29, 0.717) is 43.2 Å². The van der Waals surface area contributed by atoms with Crippen LogP contribution in [0.25, 0.3) is 0 Å². The number of hydrogen-bond acceptors (Lipinski definition) is 4. The van der Waals surface area contributed by atoms with Crippen LogP contribution in [0.4, 0.5) is 24.7 Å². The van der Waals surface area contributed by atoms with E-state index in [1.807, 2.05) is 29.2 Å². The first-order chi connectivity index (χ1) is 15.3. The Morgan fingerprint density at radius 1 is 1.12 bits per heavy atom. The molecule has 2 aliphatic rings. The number of carbonyl (C=O) groups is 1. The fraction of sp³-hybridized carbons (Fsp3) is 0.478. The van der Waals surface area contributed by atoms with Gasteiger partial charge in [0.15, 0.2) is 0 Å². The van der Waals surface area contributed by atoms with Gasteiger partial charge in [-0.1, -0.05) is 23.7 Å². The van der Waals surface area contributed by atoms with Crippen LogP contribution in [0, 0.1) is 5.92 Å². The van der Waals surface area contributed by atoms with E-state index in [0.717, 1.165) is 37.9 Å². The Kier molecular flexibility index (Phi) is 6.79. The van der Waals surface area contributed by atoms with Crippen molar-refractivity contribution in [3.05, 3.63) is 47.1 Å². The van der Waals surface area contributed by atoms with E-state index in [1.165, 1.54) is 0 Å². The molecule has 4 rings (SSSR count). The van der Waals surface area contributed by atoms with Gasteiger partial charge in [-0.15, -0.1) is 0 Å². The van der Waals surface area contributed by atoms with Gasteiger partial charge >= 0.3 is 6.18 Å². The van der Waals surface area contributed by atoms with Crippen molar-refractivity contribution in [1.29, 1.82) is 0 Å². The van der Waals surface area contributed by atoms with Gasteiger partial charge in [-0.2, -0.15) is 13.2 Å². The molecule has 1 aromatic carbocycles. The number of nitrogens with zero attached hydrogens (tertiary/aromatic N) is 2. The first kappa shape index (κ1) is 22.7. The van der Waals surface area contributed by atoms with Crippen molar-refractivity contribution in [3.63, 3.8) is 0 Å². The lowest BCUT2D eigenvalue weighted by Gasteiger charge is -2.32. The Labute approximate surface area is 189 Å². The van der Waals surface area contributed by atoms with E-state index < -0.39 is 11.7 Å². The third-order valence-corrected chi connectivity index (χ3v) is 6.33. The molecule has 32 heavy (non-hydrogen) atoms. The van der Waals surface area contributed by atoms with Crippen LogP contribution in [0.15, 0.2) is 36.5 Å². The standard InChI is InChI=1S/C23H25ClF3N3O2/c24-18-13-16(23(25,26)27)14-28-21(18)30-11-9-15(10-12-30)22(31)29-19-7-3-4-8-20(19)32-17-5-1-2-6-17/h3-4,7-8,13-15,17H,1-2,5-6,9-12H2,(H,29,31). The fourth-order valence-electron chi connectivity index (χ4n) is 4.27. The van der Waals surface area contributed by atoms with Crippen LogP contribution in [0.5, 0.6) is 5.75 Å². The second-order valence-electron chi connectivity index (χ2n) is 8.30. The molecule has 1 aliphatic carbocycles. The van der Waals surface area contributed by atoms with Crippen molar-refractivity contribution in [3.8, 4) is 5.75 Å². The molecule has 2 heterocycles. The van der Waals surface area contributed by atoms with E-state index in [1.54, 1.807) is 0 Å². The molecule has 0 bridgehead atoms. The molecule has 1 aromatic heterocycles. The number of para-hydroxylation sites is 2. The summed E-state index contributed by atoms with van der Waals surface area (Å²) in [5.74, 6) is 0.706. The summed E-state index contributed by atoms with van der Waals surface area (Å²) in [5.41, 5.74) is -0.210. The number of nitrogens with one attached hydrogen (secondary N) is 1. The Hall–Kier alpha value is -2.48. The molecule has 0 radical (unpaired) electrons. The molecule has 1 amide bonds. The summed E-state index contributed by atoms with van der Waals surface area (Å²) in [7, 11) is 0. The zero-order valence-corrected chi connectivity index (χ0v) is 18.3. The van der Waals surface area contributed by atoms with Crippen molar-refractivity contribution in [2.24, 2.45) is 5.92 Å². The monoisotopic (exact) mass is 467 g/mol. The third kappa shape index (κ3) is 5.28. The van der Waals surface area contributed by atoms with Crippen LogP contribution in [0.2, 0.25) is 5.02 Å². The number of ether oxygens (including phenoxy) is 1. The molecule has 1 saturated carbocycles. The molecule has 2 fully saturated rings. The van der Waals surface area contributed by atoms with Gasteiger partial charge in [-0.3, -0.25) is 4.79 Å². The first-order valence-electron chi connectivity index (χ1n) is 10.9. The molecule has 1 aliphatic heterocycles. The maximum absolute atomic E-state index is 12.9. The van der Waals surface area contributed by atoms with E-state index >= 15 is 0 Å². The van der Waals surface area contributed by atoms with Crippen molar-refractivity contribution in [1.82, 2.24) is 4.98 Å². The molecule has 172 valence electrons. The normalized spacial score (nSPS) is 18.1. The van der Waals surface area contributed by atoms with E-state index in [9.17, 15) is 18.0 Å². The number of hydrogen-bond donors (Lipinski definition) is 1.